The molecular formula is C15H24N2O2S. The van der Waals surface area contributed by atoms with Gasteiger partial charge in [0.15, 0.2) is 0 Å². The summed E-state index contributed by atoms with van der Waals surface area (Å²) in [6, 6.07) is 0. The first kappa shape index (κ1) is 15.4. The molecule has 2 heterocycles. The van der Waals surface area contributed by atoms with Crippen molar-refractivity contribution in [3.05, 3.63) is 16.1 Å². The highest BCUT2D eigenvalue weighted by Gasteiger charge is 2.25. The summed E-state index contributed by atoms with van der Waals surface area (Å²) in [6.45, 7) is 7.41. The average molecular weight is 296 g/mol. The number of likely N-dealkylation sites (tertiary alicyclic amines) is 1. The fourth-order valence-electron chi connectivity index (χ4n) is 3.03. The van der Waals surface area contributed by atoms with Gasteiger partial charge in [0.25, 0.3) is 0 Å². The number of aromatic nitrogens is 1. The molecule has 2 unspecified atom stereocenters. The van der Waals surface area contributed by atoms with E-state index in [2.05, 4.69) is 23.7 Å². The van der Waals surface area contributed by atoms with Gasteiger partial charge in [-0.25, -0.2) is 4.98 Å². The molecule has 4 nitrogen and oxygen atoms in total. The summed E-state index contributed by atoms with van der Waals surface area (Å²) < 4.78 is 0. The number of piperidine rings is 1. The van der Waals surface area contributed by atoms with Gasteiger partial charge in [-0.3, -0.25) is 4.79 Å². The van der Waals surface area contributed by atoms with Crippen LogP contribution >= 0.6 is 11.3 Å². The first-order chi connectivity index (χ1) is 9.56. The van der Waals surface area contributed by atoms with Gasteiger partial charge < -0.3 is 10.0 Å². The zero-order chi connectivity index (χ0) is 14.5. The molecule has 0 saturated carbocycles. The molecule has 0 spiro atoms. The van der Waals surface area contributed by atoms with E-state index in [0.717, 1.165) is 31.7 Å². The lowest BCUT2D eigenvalue weighted by Gasteiger charge is -2.35. The van der Waals surface area contributed by atoms with Crippen LogP contribution in [0.5, 0.6) is 0 Å². The predicted octanol–water partition coefficient (Wildman–Crippen LogP) is 2.82. The van der Waals surface area contributed by atoms with E-state index in [0.29, 0.717) is 12.3 Å². The molecule has 1 aromatic rings. The minimum Gasteiger partial charge on any atom is -0.481 e. The monoisotopic (exact) mass is 296 g/mol. The number of carbonyl (C=O) groups is 1. The minimum absolute atomic E-state index is 0.278. The lowest BCUT2D eigenvalue weighted by molar-refractivity contribution is -0.138. The number of nitrogens with zero attached hydrogens (tertiary/aromatic N) is 2. The van der Waals surface area contributed by atoms with Crippen LogP contribution in [0.3, 0.4) is 0 Å². The summed E-state index contributed by atoms with van der Waals surface area (Å²) >= 11 is 1.74. The molecule has 1 N–H and O–H groups in total. The van der Waals surface area contributed by atoms with Crippen molar-refractivity contribution < 1.29 is 9.90 Å². The minimum atomic E-state index is -0.671. The molecule has 1 fully saturated rings. The van der Waals surface area contributed by atoms with Crippen molar-refractivity contribution in [2.24, 2.45) is 11.8 Å². The molecular weight excluding hydrogens is 272 g/mol. The standard InChI is InChI=1S/C15H24N2O2S/c1-11(8-15(18)19)13-4-3-6-17(9-13)7-5-14-12(2)16-10-20-14/h10-11,13H,3-9H2,1-2H3,(H,18,19). The second-order valence-corrected chi connectivity index (χ2v) is 6.83. The normalized spacial score (nSPS) is 21.8. The van der Waals surface area contributed by atoms with Crippen molar-refractivity contribution in [2.75, 3.05) is 19.6 Å². The first-order valence-electron chi connectivity index (χ1n) is 7.39. The van der Waals surface area contributed by atoms with Crippen LogP contribution in [0, 0.1) is 18.8 Å². The van der Waals surface area contributed by atoms with Gasteiger partial charge in [0.2, 0.25) is 0 Å². The van der Waals surface area contributed by atoms with Crippen LogP contribution in [0.2, 0.25) is 0 Å². The predicted molar refractivity (Wildman–Crippen MR) is 81.1 cm³/mol. The molecule has 0 bridgehead atoms. The second-order valence-electron chi connectivity index (χ2n) is 5.89. The molecule has 0 aromatic carbocycles. The Balaban J connectivity index is 1.81. The van der Waals surface area contributed by atoms with Crippen LogP contribution in [0.25, 0.3) is 0 Å². The molecule has 20 heavy (non-hydrogen) atoms. The highest BCUT2D eigenvalue weighted by molar-refractivity contribution is 7.09. The van der Waals surface area contributed by atoms with E-state index in [1.54, 1.807) is 11.3 Å². The van der Waals surface area contributed by atoms with Crippen LogP contribution in [0.4, 0.5) is 0 Å². The largest absolute Gasteiger partial charge is 0.481 e. The highest BCUT2D eigenvalue weighted by atomic mass is 32.1. The van der Waals surface area contributed by atoms with E-state index in [1.165, 1.54) is 17.7 Å². The van der Waals surface area contributed by atoms with E-state index in [1.807, 2.05) is 5.51 Å². The smallest absolute Gasteiger partial charge is 0.303 e. The zero-order valence-electron chi connectivity index (χ0n) is 12.3. The van der Waals surface area contributed by atoms with Crippen molar-refractivity contribution in [3.63, 3.8) is 0 Å². The Morgan fingerprint density at radius 2 is 2.45 bits per heavy atom. The first-order valence-corrected chi connectivity index (χ1v) is 8.27. The molecule has 0 radical (unpaired) electrons. The molecule has 1 aromatic heterocycles. The molecule has 5 heteroatoms. The third kappa shape index (κ3) is 4.28. The van der Waals surface area contributed by atoms with Crippen molar-refractivity contribution in [1.82, 2.24) is 9.88 Å². The fraction of sp³-hybridized carbons (Fsp3) is 0.733. The van der Waals surface area contributed by atoms with E-state index in [-0.39, 0.29) is 5.92 Å². The van der Waals surface area contributed by atoms with Crippen LogP contribution in [-0.2, 0) is 11.2 Å². The molecule has 1 aliphatic rings. The van der Waals surface area contributed by atoms with Gasteiger partial charge >= 0.3 is 5.97 Å². The second kappa shape index (κ2) is 7.18. The van der Waals surface area contributed by atoms with Gasteiger partial charge in [0.05, 0.1) is 11.2 Å². The maximum atomic E-state index is 10.8. The molecule has 0 amide bonds. The number of aliphatic carboxylic acids is 1. The Labute approximate surface area is 124 Å². The molecule has 1 saturated heterocycles. The number of carboxylic acids is 1. The Kier molecular flexibility index (Phi) is 5.54. The van der Waals surface area contributed by atoms with Gasteiger partial charge in [-0.15, -0.1) is 11.3 Å². The summed E-state index contributed by atoms with van der Waals surface area (Å²) in [5.41, 5.74) is 3.07. The van der Waals surface area contributed by atoms with Crippen LogP contribution < -0.4 is 0 Å². The number of hydrogen-bond acceptors (Lipinski definition) is 4. The van der Waals surface area contributed by atoms with Crippen molar-refractivity contribution in [2.45, 2.75) is 39.5 Å². The van der Waals surface area contributed by atoms with Crippen molar-refractivity contribution in [3.8, 4) is 0 Å². The summed E-state index contributed by atoms with van der Waals surface area (Å²) in [7, 11) is 0. The summed E-state index contributed by atoms with van der Waals surface area (Å²) in [5.74, 6) is 0.137. The lowest BCUT2D eigenvalue weighted by Crippen LogP contribution is -2.39. The lowest BCUT2D eigenvalue weighted by atomic mass is 9.84. The van der Waals surface area contributed by atoms with Gasteiger partial charge in [-0.2, -0.15) is 0 Å². The SMILES string of the molecule is Cc1ncsc1CCN1CCCC(C(C)CC(=O)O)C1. The maximum Gasteiger partial charge on any atom is 0.303 e. The van der Waals surface area contributed by atoms with Gasteiger partial charge in [-0.1, -0.05) is 6.92 Å². The molecule has 0 aliphatic carbocycles. The zero-order valence-corrected chi connectivity index (χ0v) is 13.2. The molecule has 1 aliphatic heterocycles. The maximum absolute atomic E-state index is 10.8. The average Bonchev–Trinajstić information content (AvgIpc) is 2.81. The number of hydrogen-bond donors (Lipinski definition) is 1. The fourth-order valence-corrected chi connectivity index (χ4v) is 3.80. The van der Waals surface area contributed by atoms with E-state index in [4.69, 9.17) is 5.11 Å². The Morgan fingerprint density at radius 1 is 1.65 bits per heavy atom. The number of thiazole rings is 1. The van der Waals surface area contributed by atoms with Crippen LogP contribution in [-0.4, -0.2) is 40.6 Å². The summed E-state index contributed by atoms with van der Waals surface area (Å²) in [5, 5.41) is 8.92. The molecule has 2 atom stereocenters. The Bertz CT molecular complexity index is 447. The van der Waals surface area contributed by atoms with Crippen molar-refractivity contribution >= 4 is 17.3 Å². The van der Waals surface area contributed by atoms with Crippen LogP contribution in [0.15, 0.2) is 5.51 Å². The van der Waals surface area contributed by atoms with Gasteiger partial charge in [-0.05, 0) is 44.6 Å². The third-order valence-electron chi connectivity index (χ3n) is 4.34. The Hall–Kier alpha value is -0.940. The van der Waals surface area contributed by atoms with Gasteiger partial charge in [0, 0.05) is 24.4 Å². The highest BCUT2D eigenvalue weighted by Crippen LogP contribution is 2.26. The molecule has 2 rings (SSSR count). The van der Waals surface area contributed by atoms with E-state index >= 15 is 0 Å². The Morgan fingerprint density at radius 3 is 3.10 bits per heavy atom. The number of rotatable bonds is 6. The third-order valence-corrected chi connectivity index (χ3v) is 5.34. The topological polar surface area (TPSA) is 53.4 Å². The van der Waals surface area contributed by atoms with Gasteiger partial charge in [0.1, 0.15) is 0 Å². The summed E-state index contributed by atoms with van der Waals surface area (Å²) in [4.78, 5) is 19.0. The van der Waals surface area contributed by atoms with E-state index in [9.17, 15) is 4.79 Å². The quantitative estimate of drug-likeness (QED) is 0.877. The van der Waals surface area contributed by atoms with Crippen molar-refractivity contribution in [1.29, 1.82) is 0 Å². The van der Waals surface area contributed by atoms with Crippen LogP contribution in [0.1, 0.15) is 36.8 Å². The number of aryl methyl sites for hydroxylation is 1. The molecule has 112 valence electrons. The summed E-state index contributed by atoms with van der Waals surface area (Å²) in [6.07, 6.45) is 3.73. The number of carboxylic acid groups (broad SMARTS) is 1. The van der Waals surface area contributed by atoms with E-state index < -0.39 is 5.97 Å².